The summed E-state index contributed by atoms with van der Waals surface area (Å²) in [7, 11) is 0. The average molecular weight is 409 g/mol. The fraction of sp³-hybridized carbons (Fsp3) is 0.333. The third-order valence-electron chi connectivity index (χ3n) is 3.94. The smallest absolute Gasteiger partial charge is 0.234 e. The second kappa shape index (κ2) is 9.32. The van der Waals surface area contributed by atoms with Crippen LogP contribution in [0.15, 0.2) is 36.4 Å². The first-order chi connectivity index (χ1) is 13.0. The number of carbonyl (C=O) groups is 2. The van der Waals surface area contributed by atoms with E-state index in [1.165, 1.54) is 45.8 Å². The first kappa shape index (κ1) is 19.8. The van der Waals surface area contributed by atoms with Crippen LogP contribution in [0.2, 0.25) is 0 Å². The molecule has 1 aliphatic rings. The lowest BCUT2D eigenvalue weighted by Crippen LogP contribution is -2.44. The Morgan fingerprint density at radius 2 is 1.89 bits per heavy atom. The van der Waals surface area contributed by atoms with Gasteiger partial charge >= 0.3 is 0 Å². The van der Waals surface area contributed by atoms with Crippen molar-refractivity contribution in [2.24, 2.45) is 0 Å². The van der Waals surface area contributed by atoms with Gasteiger partial charge in [0, 0.05) is 21.9 Å². The predicted molar refractivity (Wildman–Crippen MR) is 107 cm³/mol. The molecular formula is C18H21FN4O2S2. The summed E-state index contributed by atoms with van der Waals surface area (Å²) in [6, 6.07) is 9.92. The molecule has 1 saturated heterocycles. The van der Waals surface area contributed by atoms with E-state index in [0.717, 1.165) is 6.42 Å². The molecular weight excluding hydrogens is 387 g/mol. The number of thioether (sulfide) groups is 1. The number of rotatable bonds is 7. The quantitative estimate of drug-likeness (QED) is 0.566. The molecule has 2 heterocycles. The molecule has 1 aromatic heterocycles. The Hall–Kier alpha value is -1.94. The van der Waals surface area contributed by atoms with Gasteiger partial charge < -0.3 is 10.6 Å². The largest absolute Gasteiger partial charge is 0.339 e. The van der Waals surface area contributed by atoms with Crippen molar-refractivity contribution in [1.82, 2.24) is 16.2 Å². The molecule has 0 radical (unpaired) electrons. The van der Waals surface area contributed by atoms with E-state index in [1.807, 2.05) is 0 Å². The number of halogens is 1. The number of thiophene rings is 1. The second-order valence-corrected chi connectivity index (χ2v) is 8.50. The molecule has 4 N–H and O–H groups in total. The number of nitrogens with one attached hydrogen (secondary N) is 4. The molecule has 0 bridgehead atoms. The molecule has 1 aromatic carbocycles. The van der Waals surface area contributed by atoms with E-state index in [4.69, 9.17) is 0 Å². The fourth-order valence-corrected chi connectivity index (χ4v) is 4.25. The first-order valence-electron chi connectivity index (χ1n) is 8.49. The van der Waals surface area contributed by atoms with E-state index < -0.39 is 0 Å². The predicted octanol–water partition coefficient (Wildman–Crippen LogP) is 2.55. The van der Waals surface area contributed by atoms with Crippen molar-refractivity contribution in [2.75, 3.05) is 16.8 Å². The van der Waals surface area contributed by atoms with Crippen LogP contribution >= 0.6 is 23.1 Å². The normalized spacial score (nSPS) is 19.0. The number of amides is 2. The summed E-state index contributed by atoms with van der Waals surface area (Å²) in [4.78, 5) is 26.4. The van der Waals surface area contributed by atoms with Gasteiger partial charge in [-0.15, -0.1) is 23.1 Å². The highest BCUT2D eigenvalue weighted by molar-refractivity contribution is 8.00. The van der Waals surface area contributed by atoms with E-state index in [0.29, 0.717) is 5.69 Å². The van der Waals surface area contributed by atoms with Crippen molar-refractivity contribution in [3.63, 3.8) is 0 Å². The zero-order valence-electron chi connectivity index (χ0n) is 14.8. The van der Waals surface area contributed by atoms with Gasteiger partial charge in [0.15, 0.2) is 0 Å². The minimum atomic E-state index is -0.356. The van der Waals surface area contributed by atoms with Gasteiger partial charge in [0.25, 0.3) is 0 Å². The number of hydrogen-bond acceptors (Lipinski definition) is 6. The number of hydrogen-bond donors (Lipinski definition) is 4. The Morgan fingerprint density at radius 1 is 1.15 bits per heavy atom. The molecule has 1 fully saturated rings. The van der Waals surface area contributed by atoms with Crippen molar-refractivity contribution < 1.29 is 14.0 Å². The molecule has 3 rings (SSSR count). The Balaban J connectivity index is 1.34. The maximum absolute atomic E-state index is 12.8. The number of hydrazine groups is 1. The van der Waals surface area contributed by atoms with Crippen molar-refractivity contribution in [1.29, 1.82) is 0 Å². The summed E-state index contributed by atoms with van der Waals surface area (Å²) in [5.74, 6) is -0.369. The van der Waals surface area contributed by atoms with Gasteiger partial charge in [-0.25, -0.2) is 15.2 Å². The molecule has 1 aliphatic heterocycles. The standard InChI is InChI=1S/C18H21FN4O2S2/c1-11-2-7-15(27-11)14-8-16(23-22-14)21-18(25)10-26-9-17(24)20-13-5-3-12(19)4-6-13/h2-7,14,16,22-23H,8-10H2,1H3,(H,20,24)(H,21,25). The van der Waals surface area contributed by atoms with Crippen molar-refractivity contribution in [3.05, 3.63) is 52.0 Å². The van der Waals surface area contributed by atoms with Crippen molar-refractivity contribution in [2.45, 2.75) is 25.6 Å². The Bertz CT molecular complexity index is 797. The van der Waals surface area contributed by atoms with Gasteiger partial charge in [0.2, 0.25) is 11.8 Å². The van der Waals surface area contributed by atoms with E-state index in [2.05, 4.69) is 40.5 Å². The minimum absolute atomic E-state index is 0.128. The summed E-state index contributed by atoms with van der Waals surface area (Å²) in [6.07, 6.45) is 0.625. The van der Waals surface area contributed by atoms with Gasteiger partial charge in [-0.05, 0) is 43.3 Å². The highest BCUT2D eigenvalue weighted by atomic mass is 32.2. The maximum Gasteiger partial charge on any atom is 0.234 e. The van der Waals surface area contributed by atoms with Gasteiger partial charge in [-0.3, -0.25) is 9.59 Å². The van der Waals surface area contributed by atoms with Crippen LogP contribution in [0, 0.1) is 12.7 Å². The van der Waals surface area contributed by atoms with Crippen LogP contribution in [0.25, 0.3) is 0 Å². The molecule has 2 atom stereocenters. The summed E-state index contributed by atoms with van der Waals surface area (Å²) >= 11 is 2.97. The van der Waals surface area contributed by atoms with Crippen LogP contribution < -0.4 is 21.5 Å². The van der Waals surface area contributed by atoms with Gasteiger partial charge in [-0.1, -0.05) is 0 Å². The molecule has 2 aromatic rings. The molecule has 0 saturated carbocycles. The molecule has 9 heteroatoms. The van der Waals surface area contributed by atoms with Crippen LogP contribution in [0.5, 0.6) is 0 Å². The number of benzene rings is 1. The summed E-state index contributed by atoms with van der Waals surface area (Å²) in [5.41, 5.74) is 6.81. The Labute approximate surface area is 165 Å². The minimum Gasteiger partial charge on any atom is -0.339 e. The Morgan fingerprint density at radius 3 is 2.59 bits per heavy atom. The maximum atomic E-state index is 12.8. The molecule has 0 spiro atoms. The van der Waals surface area contributed by atoms with Crippen LogP contribution in [0.4, 0.5) is 10.1 Å². The second-order valence-electron chi connectivity index (χ2n) is 6.19. The van der Waals surface area contributed by atoms with Crippen LogP contribution in [-0.4, -0.2) is 29.5 Å². The van der Waals surface area contributed by atoms with E-state index in [-0.39, 0.29) is 41.3 Å². The fourth-order valence-electron chi connectivity index (χ4n) is 2.68. The van der Waals surface area contributed by atoms with Gasteiger partial charge in [0.1, 0.15) is 5.82 Å². The van der Waals surface area contributed by atoms with E-state index in [1.54, 1.807) is 11.3 Å². The monoisotopic (exact) mass is 408 g/mol. The lowest BCUT2D eigenvalue weighted by molar-refractivity contribution is -0.119. The molecule has 27 heavy (non-hydrogen) atoms. The number of carbonyl (C=O) groups excluding carboxylic acids is 2. The number of anilines is 1. The summed E-state index contributed by atoms with van der Waals surface area (Å²) in [6.45, 7) is 2.07. The molecule has 2 unspecified atom stereocenters. The summed E-state index contributed by atoms with van der Waals surface area (Å²) in [5, 5.41) is 5.58. The lowest BCUT2D eigenvalue weighted by Gasteiger charge is -2.11. The van der Waals surface area contributed by atoms with E-state index >= 15 is 0 Å². The summed E-state index contributed by atoms with van der Waals surface area (Å²) < 4.78 is 12.8. The molecule has 144 valence electrons. The highest BCUT2D eigenvalue weighted by Crippen LogP contribution is 2.27. The van der Waals surface area contributed by atoms with Crippen LogP contribution in [0.1, 0.15) is 22.2 Å². The van der Waals surface area contributed by atoms with Gasteiger partial charge in [0.05, 0.1) is 23.7 Å². The van der Waals surface area contributed by atoms with Gasteiger partial charge in [-0.2, -0.15) is 0 Å². The molecule has 0 aliphatic carbocycles. The topological polar surface area (TPSA) is 82.3 Å². The third kappa shape index (κ3) is 6.03. The lowest BCUT2D eigenvalue weighted by atomic mass is 10.2. The number of aryl methyl sites for hydroxylation is 1. The first-order valence-corrected chi connectivity index (χ1v) is 10.5. The zero-order valence-corrected chi connectivity index (χ0v) is 16.4. The SMILES string of the molecule is Cc1ccc(C2CC(NC(=O)CSCC(=O)Nc3ccc(F)cc3)NN2)s1. The molecule has 2 amide bonds. The van der Waals surface area contributed by atoms with Crippen LogP contribution in [0.3, 0.4) is 0 Å². The highest BCUT2D eigenvalue weighted by Gasteiger charge is 2.26. The third-order valence-corrected chi connectivity index (χ3v) is 5.98. The Kier molecular flexibility index (Phi) is 6.84. The van der Waals surface area contributed by atoms with Crippen molar-refractivity contribution >= 4 is 40.6 Å². The van der Waals surface area contributed by atoms with Crippen molar-refractivity contribution in [3.8, 4) is 0 Å². The zero-order chi connectivity index (χ0) is 19.2. The molecule has 6 nitrogen and oxygen atoms in total. The van der Waals surface area contributed by atoms with E-state index in [9.17, 15) is 14.0 Å². The van der Waals surface area contributed by atoms with Crippen LogP contribution in [-0.2, 0) is 9.59 Å². The average Bonchev–Trinajstić information content (AvgIpc) is 3.26.